The van der Waals surface area contributed by atoms with Gasteiger partial charge in [-0.05, 0) is 13.1 Å². The molecule has 17 heavy (non-hydrogen) atoms. The van der Waals surface area contributed by atoms with E-state index in [-0.39, 0.29) is 23.7 Å². The Labute approximate surface area is 105 Å². The molecule has 6 nitrogen and oxygen atoms in total. The number of carbonyl (C=O) groups is 1. The van der Waals surface area contributed by atoms with Crippen LogP contribution >= 0.6 is 12.4 Å². The first-order valence-corrected chi connectivity index (χ1v) is 4.83. The molecule has 94 valence electrons. The number of nitrogens with one attached hydrogen (secondary N) is 2. The highest BCUT2D eigenvalue weighted by atomic mass is 35.5. The summed E-state index contributed by atoms with van der Waals surface area (Å²) in [7, 11) is 1.76. The summed E-state index contributed by atoms with van der Waals surface area (Å²) in [5.41, 5.74) is -0.0898. The quantitative estimate of drug-likeness (QED) is 0.469. The molecule has 0 aliphatic heterocycles. The second-order valence-corrected chi connectivity index (χ2v) is 3.13. The largest absolute Gasteiger partial charge is 0.351 e. The van der Waals surface area contributed by atoms with E-state index in [1.807, 2.05) is 0 Å². The number of carbonyl (C=O) groups excluding carboxylic acids is 1. The molecule has 1 aromatic carbocycles. The summed E-state index contributed by atoms with van der Waals surface area (Å²) in [5, 5.41) is 16.1. The average molecular weight is 260 g/mol. The van der Waals surface area contributed by atoms with Crippen LogP contribution in [0.15, 0.2) is 24.3 Å². The van der Waals surface area contributed by atoms with Gasteiger partial charge < -0.3 is 10.6 Å². The third kappa shape index (κ3) is 4.38. The van der Waals surface area contributed by atoms with E-state index < -0.39 is 10.8 Å². The monoisotopic (exact) mass is 259 g/mol. The average Bonchev–Trinajstić information content (AvgIpc) is 2.29. The van der Waals surface area contributed by atoms with E-state index >= 15 is 0 Å². The van der Waals surface area contributed by atoms with Crippen molar-refractivity contribution in [2.45, 2.75) is 0 Å². The van der Waals surface area contributed by atoms with Crippen molar-refractivity contribution in [3.05, 3.63) is 39.9 Å². The highest BCUT2D eigenvalue weighted by molar-refractivity contribution is 5.98. The highest BCUT2D eigenvalue weighted by Crippen LogP contribution is 2.16. The molecule has 0 aromatic heterocycles. The van der Waals surface area contributed by atoms with E-state index in [4.69, 9.17) is 0 Å². The molecule has 0 heterocycles. The Kier molecular flexibility index (Phi) is 6.85. The van der Waals surface area contributed by atoms with Crippen LogP contribution < -0.4 is 10.6 Å². The molecule has 1 aromatic rings. The molecule has 0 saturated carbocycles. The number of nitro groups is 1. The Morgan fingerprint density at radius 2 is 2.00 bits per heavy atom. The summed E-state index contributed by atoms with van der Waals surface area (Å²) in [5.74, 6) is -0.428. The van der Waals surface area contributed by atoms with Gasteiger partial charge in [0.05, 0.1) is 4.92 Å². The molecular weight excluding hydrogens is 246 g/mol. The number of amides is 1. The normalized spacial score (nSPS) is 9.24. The zero-order chi connectivity index (χ0) is 12.0. The molecule has 1 amide bonds. The molecule has 0 aliphatic carbocycles. The minimum absolute atomic E-state index is 0. The van der Waals surface area contributed by atoms with E-state index in [1.54, 1.807) is 13.1 Å². The highest BCUT2D eigenvalue weighted by Gasteiger charge is 2.18. The molecule has 7 heteroatoms. The van der Waals surface area contributed by atoms with Crippen molar-refractivity contribution in [2.75, 3.05) is 20.1 Å². The molecule has 1 rings (SSSR count). The van der Waals surface area contributed by atoms with Gasteiger partial charge in [-0.2, -0.15) is 0 Å². The number of hydrogen-bond donors (Lipinski definition) is 2. The van der Waals surface area contributed by atoms with E-state index in [0.717, 1.165) is 0 Å². The Bertz CT molecular complexity index is 398. The van der Waals surface area contributed by atoms with Crippen molar-refractivity contribution >= 4 is 24.0 Å². The molecule has 0 bridgehead atoms. The maximum atomic E-state index is 11.6. The molecule has 0 unspecified atom stereocenters. The van der Waals surface area contributed by atoms with Gasteiger partial charge in [0, 0.05) is 19.2 Å². The van der Waals surface area contributed by atoms with Crippen LogP contribution in [0.1, 0.15) is 10.4 Å². The zero-order valence-corrected chi connectivity index (χ0v) is 10.1. The lowest BCUT2D eigenvalue weighted by atomic mass is 10.1. The number of halogens is 1. The van der Waals surface area contributed by atoms with E-state index in [0.29, 0.717) is 13.1 Å². The number of nitro benzene ring substituents is 1. The first-order valence-electron chi connectivity index (χ1n) is 4.83. The van der Waals surface area contributed by atoms with E-state index in [9.17, 15) is 14.9 Å². The minimum Gasteiger partial charge on any atom is -0.351 e. The first-order chi connectivity index (χ1) is 7.66. The fourth-order valence-electron chi connectivity index (χ4n) is 1.22. The van der Waals surface area contributed by atoms with Crippen molar-refractivity contribution in [1.29, 1.82) is 0 Å². The molecule has 0 radical (unpaired) electrons. The Morgan fingerprint density at radius 1 is 1.35 bits per heavy atom. The Balaban J connectivity index is 0.00000256. The summed E-state index contributed by atoms with van der Waals surface area (Å²) in [6.45, 7) is 1.05. The lowest BCUT2D eigenvalue weighted by Crippen LogP contribution is -2.30. The summed E-state index contributed by atoms with van der Waals surface area (Å²) < 4.78 is 0. The zero-order valence-electron chi connectivity index (χ0n) is 9.30. The number of benzene rings is 1. The van der Waals surface area contributed by atoms with Crippen molar-refractivity contribution in [2.24, 2.45) is 0 Å². The van der Waals surface area contributed by atoms with Crippen LogP contribution in [0.3, 0.4) is 0 Å². The van der Waals surface area contributed by atoms with Crippen molar-refractivity contribution in [3.63, 3.8) is 0 Å². The smallest absolute Gasteiger partial charge is 0.282 e. The van der Waals surface area contributed by atoms with Gasteiger partial charge in [-0.1, -0.05) is 12.1 Å². The van der Waals surface area contributed by atoms with Gasteiger partial charge in [-0.25, -0.2) is 0 Å². The summed E-state index contributed by atoms with van der Waals surface area (Å²) >= 11 is 0. The van der Waals surface area contributed by atoms with Crippen molar-refractivity contribution in [1.82, 2.24) is 10.6 Å². The van der Waals surface area contributed by atoms with Crippen LogP contribution in [0.5, 0.6) is 0 Å². The summed E-state index contributed by atoms with van der Waals surface area (Å²) in [6, 6.07) is 5.88. The lowest BCUT2D eigenvalue weighted by Gasteiger charge is -2.04. The predicted molar refractivity (Wildman–Crippen MR) is 66.6 cm³/mol. The van der Waals surface area contributed by atoms with Crippen molar-refractivity contribution in [3.8, 4) is 0 Å². The Morgan fingerprint density at radius 3 is 2.59 bits per heavy atom. The van der Waals surface area contributed by atoms with Gasteiger partial charge >= 0.3 is 0 Å². The molecule has 0 fully saturated rings. The summed E-state index contributed by atoms with van der Waals surface area (Å²) in [6.07, 6.45) is 0. The predicted octanol–water partition coefficient (Wildman–Crippen LogP) is 0.966. The number of hydrogen-bond acceptors (Lipinski definition) is 4. The fourth-order valence-corrected chi connectivity index (χ4v) is 1.22. The third-order valence-corrected chi connectivity index (χ3v) is 2.01. The Hall–Kier alpha value is -1.66. The van der Waals surface area contributed by atoms with Gasteiger partial charge in [0.25, 0.3) is 11.6 Å². The van der Waals surface area contributed by atoms with Crippen LogP contribution in [0, 0.1) is 10.1 Å². The number of rotatable bonds is 5. The SMILES string of the molecule is CNCCNC(=O)c1ccccc1[N+](=O)[O-].Cl. The lowest BCUT2D eigenvalue weighted by molar-refractivity contribution is -0.385. The molecular formula is C10H14ClN3O3. The molecule has 0 spiro atoms. The molecule has 2 N–H and O–H groups in total. The minimum atomic E-state index is -0.563. The maximum absolute atomic E-state index is 11.6. The molecule has 0 aliphatic rings. The molecule has 0 saturated heterocycles. The summed E-state index contributed by atoms with van der Waals surface area (Å²) in [4.78, 5) is 21.7. The van der Waals surface area contributed by atoms with Gasteiger partial charge in [0.15, 0.2) is 0 Å². The van der Waals surface area contributed by atoms with Crippen molar-refractivity contribution < 1.29 is 9.72 Å². The maximum Gasteiger partial charge on any atom is 0.282 e. The number of para-hydroxylation sites is 1. The van der Waals surface area contributed by atoms with Crippen LogP contribution in [0.4, 0.5) is 5.69 Å². The van der Waals surface area contributed by atoms with Crippen LogP contribution in [0.25, 0.3) is 0 Å². The first kappa shape index (κ1) is 15.3. The second kappa shape index (κ2) is 7.59. The van der Waals surface area contributed by atoms with Gasteiger partial charge in [0.1, 0.15) is 5.56 Å². The van der Waals surface area contributed by atoms with E-state index in [2.05, 4.69) is 10.6 Å². The number of nitrogens with zero attached hydrogens (tertiary/aromatic N) is 1. The van der Waals surface area contributed by atoms with Crippen LogP contribution in [0.2, 0.25) is 0 Å². The third-order valence-electron chi connectivity index (χ3n) is 2.01. The van der Waals surface area contributed by atoms with Gasteiger partial charge in [-0.3, -0.25) is 14.9 Å². The standard InChI is InChI=1S/C10H13N3O3.ClH/c1-11-6-7-12-10(14)8-4-2-3-5-9(8)13(15)16;/h2-5,11H,6-7H2,1H3,(H,12,14);1H. The second-order valence-electron chi connectivity index (χ2n) is 3.13. The van der Waals surface area contributed by atoms with Gasteiger partial charge in [0.2, 0.25) is 0 Å². The van der Waals surface area contributed by atoms with Gasteiger partial charge in [-0.15, -0.1) is 12.4 Å². The molecule has 0 atom stereocenters. The van der Waals surface area contributed by atoms with Crippen LogP contribution in [-0.2, 0) is 0 Å². The van der Waals surface area contributed by atoms with Crippen LogP contribution in [-0.4, -0.2) is 31.0 Å². The van der Waals surface area contributed by atoms with E-state index in [1.165, 1.54) is 18.2 Å². The topological polar surface area (TPSA) is 84.3 Å². The number of likely N-dealkylation sites (N-methyl/N-ethyl adjacent to an activating group) is 1. The fraction of sp³-hybridized carbons (Fsp3) is 0.300.